The van der Waals surface area contributed by atoms with Crippen molar-refractivity contribution in [3.05, 3.63) is 34.9 Å². The smallest absolute Gasteiger partial charge is 0.364 e. The van der Waals surface area contributed by atoms with Crippen LogP contribution in [-0.2, 0) is 12.4 Å². The molecule has 21 heavy (non-hydrogen) atoms. The van der Waals surface area contributed by atoms with E-state index >= 15 is 0 Å². The van der Waals surface area contributed by atoms with E-state index in [1.54, 1.807) is 0 Å². The summed E-state index contributed by atoms with van der Waals surface area (Å²) in [4.78, 5) is 0. The monoisotopic (exact) mass is 329 g/mol. The van der Waals surface area contributed by atoms with Gasteiger partial charge in [0.1, 0.15) is 0 Å². The van der Waals surface area contributed by atoms with E-state index in [1.807, 2.05) is 0 Å². The standard InChI is InChI=1S/C11H9F6N3S/c1-18-9(21)20-19-5-6-2-7(10(12,13)14)4-8(3-6)11(15,16)17/h2-5H,1H3,(H2,18,20,21)/b19-5+. The van der Waals surface area contributed by atoms with E-state index in [-0.39, 0.29) is 16.7 Å². The molecule has 3 nitrogen and oxygen atoms in total. The van der Waals surface area contributed by atoms with Crippen molar-refractivity contribution >= 4 is 23.5 Å². The highest BCUT2D eigenvalue weighted by Crippen LogP contribution is 2.35. The highest BCUT2D eigenvalue weighted by molar-refractivity contribution is 7.80. The molecule has 0 atom stereocenters. The number of nitrogens with one attached hydrogen (secondary N) is 2. The molecule has 0 aliphatic rings. The molecule has 0 amide bonds. The summed E-state index contributed by atoms with van der Waals surface area (Å²) in [5.41, 5.74) is -0.948. The van der Waals surface area contributed by atoms with Crippen LogP contribution in [0.15, 0.2) is 23.3 Å². The predicted molar refractivity (Wildman–Crippen MR) is 68.8 cm³/mol. The second-order valence-electron chi connectivity index (χ2n) is 3.79. The minimum absolute atomic E-state index is 0.0446. The third-order valence-electron chi connectivity index (χ3n) is 2.22. The molecule has 2 N–H and O–H groups in total. The zero-order valence-corrected chi connectivity index (χ0v) is 11.2. The summed E-state index contributed by atoms with van der Waals surface area (Å²) in [5, 5.41) is 5.98. The average molecular weight is 329 g/mol. The topological polar surface area (TPSA) is 36.4 Å². The van der Waals surface area contributed by atoms with Gasteiger partial charge in [0.2, 0.25) is 0 Å². The lowest BCUT2D eigenvalue weighted by atomic mass is 10.1. The van der Waals surface area contributed by atoms with E-state index in [1.165, 1.54) is 7.05 Å². The van der Waals surface area contributed by atoms with Gasteiger partial charge in [0.15, 0.2) is 5.11 Å². The number of nitrogens with zero attached hydrogens (tertiary/aromatic N) is 1. The lowest BCUT2D eigenvalue weighted by Crippen LogP contribution is -2.28. The van der Waals surface area contributed by atoms with E-state index in [2.05, 4.69) is 28.1 Å². The molecule has 1 aromatic rings. The third kappa shape index (κ3) is 5.21. The van der Waals surface area contributed by atoms with Gasteiger partial charge in [0.05, 0.1) is 17.3 Å². The van der Waals surface area contributed by atoms with Crippen LogP contribution >= 0.6 is 12.2 Å². The van der Waals surface area contributed by atoms with Crippen LogP contribution in [0.2, 0.25) is 0 Å². The van der Waals surface area contributed by atoms with E-state index in [4.69, 9.17) is 0 Å². The van der Waals surface area contributed by atoms with Crippen LogP contribution in [0.25, 0.3) is 0 Å². The minimum Gasteiger partial charge on any atom is -0.364 e. The summed E-state index contributed by atoms with van der Waals surface area (Å²) >= 11 is 4.64. The first-order valence-corrected chi connectivity index (χ1v) is 5.75. The van der Waals surface area contributed by atoms with Crippen molar-refractivity contribution in [2.45, 2.75) is 12.4 Å². The second kappa shape index (κ2) is 6.29. The van der Waals surface area contributed by atoms with Crippen molar-refractivity contribution in [2.75, 3.05) is 7.05 Å². The molecule has 0 saturated heterocycles. The molecule has 0 aromatic heterocycles. The Hall–Kier alpha value is -1.84. The second-order valence-corrected chi connectivity index (χ2v) is 4.20. The third-order valence-corrected chi connectivity index (χ3v) is 2.51. The van der Waals surface area contributed by atoms with Gasteiger partial charge in [-0.05, 0) is 36.0 Å². The number of benzene rings is 1. The number of alkyl halides is 6. The molecule has 0 radical (unpaired) electrons. The quantitative estimate of drug-likeness (QED) is 0.379. The molecule has 1 rings (SSSR count). The predicted octanol–water partition coefficient (Wildman–Crippen LogP) is 3.15. The van der Waals surface area contributed by atoms with Gasteiger partial charge in [-0.1, -0.05) is 0 Å². The van der Waals surface area contributed by atoms with Crippen molar-refractivity contribution in [1.29, 1.82) is 0 Å². The molecule has 0 bridgehead atoms. The zero-order valence-electron chi connectivity index (χ0n) is 10.4. The Kier molecular flexibility index (Phi) is 5.15. The fourth-order valence-electron chi connectivity index (χ4n) is 1.27. The number of hydrogen-bond donors (Lipinski definition) is 2. The molecule has 0 aliphatic carbocycles. The first-order valence-electron chi connectivity index (χ1n) is 5.34. The molecule has 0 aliphatic heterocycles. The fourth-order valence-corrected chi connectivity index (χ4v) is 1.33. The van der Waals surface area contributed by atoms with Crippen molar-refractivity contribution in [2.24, 2.45) is 5.10 Å². The number of thiocarbonyl (C=S) groups is 1. The fraction of sp³-hybridized carbons (Fsp3) is 0.273. The Morgan fingerprint density at radius 2 is 1.52 bits per heavy atom. The minimum atomic E-state index is -4.89. The first kappa shape index (κ1) is 17.2. The van der Waals surface area contributed by atoms with Gasteiger partial charge < -0.3 is 5.32 Å². The van der Waals surface area contributed by atoms with E-state index < -0.39 is 23.5 Å². The Bertz CT molecular complexity index is 518. The van der Waals surface area contributed by atoms with Gasteiger partial charge in [0.25, 0.3) is 0 Å². The Balaban J connectivity index is 3.17. The molecular weight excluding hydrogens is 320 g/mol. The Morgan fingerprint density at radius 1 is 1.05 bits per heavy atom. The van der Waals surface area contributed by atoms with Crippen molar-refractivity contribution in [1.82, 2.24) is 10.7 Å². The molecule has 116 valence electrons. The Labute approximate surface area is 121 Å². The van der Waals surface area contributed by atoms with E-state index in [0.29, 0.717) is 12.1 Å². The largest absolute Gasteiger partial charge is 0.416 e. The SMILES string of the molecule is CNC(=S)N/N=C/c1cc(C(F)(F)F)cc(C(F)(F)F)c1. The number of rotatable bonds is 2. The number of hydrogen-bond acceptors (Lipinski definition) is 2. The zero-order chi connectivity index (χ0) is 16.3. The summed E-state index contributed by atoms with van der Waals surface area (Å²) in [7, 11) is 1.47. The van der Waals surface area contributed by atoms with Crippen LogP contribution in [0.5, 0.6) is 0 Å². The highest BCUT2D eigenvalue weighted by Gasteiger charge is 2.36. The van der Waals surface area contributed by atoms with Crippen LogP contribution in [0, 0.1) is 0 Å². The van der Waals surface area contributed by atoms with Gasteiger partial charge in [-0.2, -0.15) is 31.4 Å². The van der Waals surface area contributed by atoms with Crippen molar-refractivity contribution < 1.29 is 26.3 Å². The van der Waals surface area contributed by atoms with E-state index in [9.17, 15) is 26.3 Å². The summed E-state index contributed by atoms with van der Waals surface area (Å²) in [6.07, 6.45) is -8.97. The van der Waals surface area contributed by atoms with Crippen LogP contribution < -0.4 is 10.7 Å². The lowest BCUT2D eigenvalue weighted by molar-refractivity contribution is -0.143. The number of halogens is 6. The molecule has 1 aromatic carbocycles. The maximum atomic E-state index is 12.6. The van der Waals surface area contributed by atoms with Crippen molar-refractivity contribution in [3.63, 3.8) is 0 Å². The molecule has 0 spiro atoms. The first-order chi connectivity index (χ1) is 9.54. The lowest BCUT2D eigenvalue weighted by Gasteiger charge is -2.12. The summed E-state index contributed by atoms with van der Waals surface area (Å²) in [6, 6.07) is 1.16. The molecule has 0 saturated carbocycles. The molecule has 0 unspecified atom stereocenters. The average Bonchev–Trinajstić information content (AvgIpc) is 2.36. The molecular formula is C11H9F6N3S. The van der Waals surface area contributed by atoms with Crippen molar-refractivity contribution in [3.8, 4) is 0 Å². The van der Waals surface area contributed by atoms with Gasteiger partial charge >= 0.3 is 12.4 Å². The Morgan fingerprint density at radius 3 is 1.90 bits per heavy atom. The normalized spacial score (nSPS) is 12.5. The molecule has 0 heterocycles. The van der Waals surface area contributed by atoms with Gasteiger partial charge in [-0.3, -0.25) is 5.43 Å². The van der Waals surface area contributed by atoms with Crippen LogP contribution in [0.1, 0.15) is 16.7 Å². The molecule has 0 fully saturated rings. The number of hydrazone groups is 1. The maximum absolute atomic E-state index is 12.6. The highest BCUT2D eigenvalue weighted by atomic mass is 32.1. The van der Waals surface area contributed by atoms with Crippen LogP contribution in [0.4, 0.5) is 26.3 Å². The summed E-state index contributed by atoms with van der Waals surface area (Å²) in [5.74, 6) is 0. The maximum Gasteiger partial charge on any atom is 0.416 e. The summed E-state index contributed by atoms with van der Waals surface area (Å²) in [6.45, 7) is 0. The van der Waals surface area contributed by atoms with Gasteiger partial charge in [0, 0.05) is 7.05 Å². The van der Waals surface area contributed by atoms with E-state index in [0.717, 1.165) is 6.21 Å². The summed E-state index contributed by atoms with van der Waals surface area (Å²) < 4.78 is 75.5. The molecule has 10 heteroatoms. The van der Waals surface area contributed by atoms with Crippen LogP contribution in [0.3, 0.4) is 0 Å². The van der Waals surface area contributed by atoms with Crippen LogP contribution in [-0.4, -0.2) is 18.4 Å². The van der Waals surface area contributed by atoms with Gasteiger partial charge in [-0.15, -0.1) is 0 Å². The van der Waals surface area contributed by atoms with Gasteiger partial charge in [-0.25, -0.2) is 0 Å².